The minimum Gasteiger partial charge on any atom is -0.497 e. The molecule has 0 aliphatic carbocycles. The molecule has 162 valence electrons. The maximum atomic E-state index is 9.50. The fourth-order valence-corrected chi connectivity index (χ4v) is 4.52. The van der Waals surface area contributed by atoms with Crippen molar-refractivity contribution in [2.75, 3.05) is 21.2 Å². The highest BCUT2D eigenvalue weighted by Gasteiger charge is 2.26. The van der Waals surface area contributed by atoms with Crippen molar-refractivity contribution in [2.24, 2.45) is 5.92 Å². The van der Waals surface area contributed by atoms with E-state index < -0.39 is 0 Å². The van der Waals surface area contributed by atoms with Crippen molar-refractivity contribution in [1.29, 1.82) is 5.26 Å². The van der Waals surface area contributed by atoms with Gasteiger partial charge in [0, 0.05) is 45.7 Å². The summed E-state index contributed by atoms with van der Waals surface area (Å²) in [6, 6.07) is 18.5. The number of nitriles is 1. The molecule has 2 aromatic carbocycles. The molecule has 0 aliphatic heterocycles. The summed E-state index contributed by atoms with van der Waals surface area (Å²) in [5.41, 5.74) is 7.06. The summed E-state index contributed by atoms with van der Waals surface area (Å²) in [5.74, 6) is 1.22. The van der Waals surface area contributed by atoms with Crippen LogP contribution < -0.4 is 4.74 Å². The smallest absolute Gasteiger partial charge is 0.118 e. The zero-order valence-electron chi connectivity index (χ0n) is 19.2. The monoisotopic (exact) mass is 424 g/mol. The van der Waals surface area contributed by atoms with Gasteiger partial charge in [0.2, 0.25) is 0 Å². The van der Waals surface area contributed by atoms with Gasteiger partial charge in [-0.15, -0.1) is 0 Å². The summed E-state index contributed by atoms with van der Waals surface area (Å²) in [4.78, 5) is 10.5. The van der Waals surface area contributed by atoms with Crippen LogP contribution in [0.5, 0.6) is 5.75 Å². The average molecular weight is 425 g/mol. The largest absolute Gasteiger partial charge is 0.497 e. The van der Waals surface area contributed by atoms with Gasteiger partial charge in [0.05, 0.1) is 24.8 Å². The van der Waals surface area contributed by atoms with Gasteiger partial charge in [-0.2, -0.15) is 5.26 Å². The summed E-state index contributed by atoms with van der Waals surface area (Å²) < 4.78 is 5.29. The molecule has 0 radical (unpaired) electrons. The third kappa shape index (κ3) is 3.98. The minimum absolute atomic E-state index is 0.188. The number of nitrogens with zero attached hydrogens (tertiary/aromatic N) is 3. The zero-order valence-corrected chi connectivity index (χ0v) is 19.2. The Morgan fingerprint density at radius 2 is 1.69 bits per heavy atom. The Morgan fingerprint density at radius 1 is 0.969 bits per heavy atom. The number of H-pyrrole nitrogens is 1. The van der Waals surface area contributed by atoms with Crippen molar-refractivity contribution in [1.82, 2.24) is 14.9 Å². The normalized spacial score (nSPS) is 12.3. The zero-order chi connectivity index (χ0) is 22.8. The molecule has 1 unspecified atom stereocenters. The number of ether oxygens (including phenoxy) is 1. The molecular weight excluding hydrogens is 396 g/mol. The number of aromatic nitrogens is 2. The van der Waals surface area contributed by atoms with Crippen LogP contribution in [-0.4, -0.2) is 36.1 Å². The first-order chi connectivity index (χ1) is 15.4. The van der Waals surface area contributed by atoms with Crippen LogP contribution in [-0.2, 0) is 0 Å². The minimum atomic E-state index is 0.188. The van der Waals surface area contributed by atoms with Crippen LogP contribution in [0.25, 0.3) is 33.2 Å². The van der Waals surface area contributed by atoms with E-state index in [-0.39, 0.29) is 6.04 Å². The Morgan fingerprint density at radius 3 is 2.31 bits per heavy atom. The van der Waals surface area contributed by atoms with E-state index in [1.165, 1.54) is 0 Å². The van der Waals surface area contributed by atoms with E-state index in [0.717, 1.165) is 44.6 Å². The maximum Gasteiger partial charge on any atom is 0.118 e. The van der Waals surface area contributed by atoms with Crippen LogP contribution in [0, 0.1) is 17.2 Å². The summed E-state index contributed by atoms with van der Waals surface area (Å²) in [5, 5.41) is 10.5. The number of hydrogen-bond acceptors (Lipinski definition) is 4. The number of benzene rings is 2. The predicted molar refractivity (Wildman–Crippen MR) is 129 cm³/mol. The Balaban J connectivity index is 1.94. The van der Waals surface area contributed by atoms with E-state index in [4.69, 9.17) is 4.74 Å². The van der Waals surface area contributed by atoms with Gasteiger partial charge in [-0.1, -0.05) is 26.0 Å². The third-order valence-corrected chi connectivity index (χ3v) is 5.89. The Bertz CT molecular complexity index is 1270. The molecule has 0 saturated heterocycles. The van der Waals surface area contributed by atoms with Crippen LogP contribution in [0.4, 0.5) is 0 Å². The summed E-state index contributed by atoms with van der Waals surface area (Å²) in [6.45, 7) is 4.46. The third-order valence-electron chi connectivity index (χ3n) is 5.89. The number of hydrogen-bond donors (Lipinski definition) is 1. The molecule has 1 N–H and O–H groups in total. The molecule has 5 heteroatoms. The van der Waals surface area contributed by atoms with E-state index in [1.54, 1.807) is 7.11 Å². The molecular formula is C27H28N4O. The molecule has 0 bridgehead atoms. The summed E-state index contributed by atoms with van der Waals surface area (Å²) in [7, 11) is 5.88. The van der Waals surface area contributed by atoms with Crippen molar-refractivity contribution >= 4 is 10.9 Å². The molecule has 4 aromatic rings. The van der Waals surface area contributed by atoms with Crippen LogP contribution in [0.2, 0.25) is 0 Å². The van der Waals surface area contributed by atoms with Gasteiger partial charge in [0.25, 0.3) is 0 Å². The number of fused-ring (bicyclic) bond motifs is 1. The van der Waals surface area contributed by atoms with Gasteiger partial charge >= 0.3 is 0 Å². The molecule has 1 atom stereocenters. The lowest BCUT2D eigenvalue weighted by Gasteiger charge is -2.28. The summed E-state index contributed by atoms with van der Waals surface area (Å²) in [6.07, 6.45) is 3.79. The first-order valence-electron chi connectivity index (χ1n) is 10.7. The van der Waals surface area contributed by atoms with Crippen molar-refractivity contribution in [3.8, 4) is 34.1 Å². The Labute approximate surface area is 189 Å². The lowest BCUT2D eigenvalue weighted by Crippen LogP contribution is -2.25. The van der Waals surface area contributed by atoms with Gasteiger partial charge in [-0.3, -0.25) is 4.98 Å². The van der Waals surface area contributed by atoms with E-state index >= 15 is 0 Å². The van der Waals surface area contributed by atoms with Crippen molar-refractivity contribution in [3.63, 3.8) is 0 Å². The quantitative estimate of drug-likeness (QED) is 0.410. The fourth-order valence-electron chi connectivity index (χ4n) is 4.52. The van der Waals surface area contributed by atoms with Gasteiger partial charge in [0.15, 0.2) is 0 Å². The van der Waals surface area contributed by atoms with E-state index in [1.807, 2.05) is 54.9 Å². The molecule has 0 spiro atoms. The lowest BCUT2D eigenvalue weighted by atomic mass is 9.92. The second-order valence-electron chi connectivity index (χ2n) is 8.63. The van der Waals surface area contributed by atoms with Crippen molar-refractivity contribution in [3.05, 3.63) is 72.2 Å². The molecule has 2 heterocycles. The molecule has 2 aromatic heterocycles. The number of pyridine rings is 1. The number of rotatable bonds is 6. The molecule has 5 nitrogen and oxygen atoms in total. The van der Waals surface area contributed by atoms with Crippen LogP contribution >= 0.6 is 0 Å². The SMILES string of the molecule is COc1ccc(-c2cncc(-c3c(C(C(C)C)N(C)C)[nH]c4ccc(C#N)cc34)c2)cc1. The second-order valence-corrected chi connectivity index (χ2v) is 8.63. The van der Waals surface area contributed by atoms with Crippen molar-refractivity contribution in [2.45, 2.75) is 19.9 Å². The van der Waals surface area contributed by atoms with Crippen LogP contribution in [0.1, 0.15) is 31.1 Å². The molecule has 32 heavy (non-hydrogen) atoms. The fraction of sp³-hybridized carbons (Fsp3) is 0.259. The van der Waals surface area contributed by atoms with Gasteiger partial charge in [-0.05, 0) is 62.0 Å². The van der Waals surface area contributed by atoms with Crippen LogP contribution in [0.15, 0.2) is 60.9 Å². The van der Waals surface area contributed by atoms with E-state index in [9.17, 15) is 5.26 Å². The van der Waals surface area contributed by atoms with Crippen molar-refractivity contribution < 1.29 is 4.74 Å². The van der Waals surface area contributed by atoms with Gasteiger partial charge in [0.1, 0.15) is 5.75 Å². The highest BCUT2D eigenvalue weighted by molar-refractivity contribution is 5.99. The molecule has 4 rings (SSSR count). The lowest BCUT2D eigenvalue weighted by molar-refractivity contribution is 0.232. The van der Waals surface area contributed by atoms with Gasteiger partial charge < -0.3 is 14.6 Å². The standard InChI is InChI=1S/C27H28N4O/c1-17(2)27(31(3)4)26-25(23-12-18(14-28)6-11-24(23)30-26)21-13-20(15-29-16-21)19-7-9-22(32-5)10-8-19/h6-13,15-17,27,30H,1-5H3. The highest BCUT2D eigenvalue weighted by atomic mass is 16.5. The first kappa shape index (κ1) is 21.6. The Kier molecular flexibility index (Phi) is 5.98. The first-order valence-corrected chi connectivity index (χ1v) is 10.7. The molecule has 0 fully saturated rings. The van der Waals surface area contributed by atoms with E-state index in [0.29, 0.717) is 11.5 Å². The average Bonchev–Trinajstić information content (AvgIpc) is 3.16. The number of methoxy groups -OCH3 is 1. The second kappa shape index (κ2) is 8.86. The van der Waals surface area contributed by atoms with Gasteiger partial charge in [-0.25, -0.2) is 0 Å². The highest BCUT2D eigenvalue weighted by Crippen LogP contribution is 2.40. The molecule has 0 saturated carbocycles. The number of nitrogens with one attached hydrogen (secondary N) is 1. The molecule has 0 amide bonds. The molecule has 0 aliphatic rings. The maximum absolute atomic E-state index is 9.50. The summed E-state index contributed by atoms with van der Waals surface area (Å²) >= 11 is 0. The Hall–Kier alpha value is -3.62. The van der Waals surface area contributed by atoms with Crippen LogP contribution in [0.3, 0.4) is 0 Å². The topological polar surface area (TPSA) is 64.9 Å². The predicted octanol–water partition coefficient (Wildman–Crippen LogP) is 6.04. The number of aromatic amines is 1. The van der Waals surface area contributed by atoms with E-state index in [2.05, 4.69) is 54.9 Å².